The highest BCUT2D eigenvalue weighted by molar-refractivity contribution is 5.56. The SMILES string of the molecule is CCCCCCCCN(CCCCCCCC)CCCNc1c(CC)c(=O)c1=O. The molecule has 0 radical (unpaired) electrons. The molecule has 0 amide bonds. The summed E-state index contributed by atoms with van der Waals surface area (Å²) in [5, 5.41) is 3.22. The van der Waals surface area contributed by atoms with E-state index in [1.807, 2.05) is 6.92 Å². The van der Waals surface area contributed by atoms with E-state index in [0.29, 0.717) is 17.7 Å². The number of nitrogens with one attached hydrogen (secondary N) is 1. The lowest BCUT2D eigenvalue weighted by molar-refractivity contribution is 0.259. The third-order valence-electron chi connectivity index (χ3n) is 5.97. The van der Waals surface area contributed by atoms with Crippen molar-refractivity contribution in [3.8, 4) is 0 Å². The molecule has 1 rings (SSSR count). The summed E-state index contributed by atoms with van der Waals surface area (Å²) in [6.45, 7) is 10.7. The zero-order chi connectivity index (χ0) is 21.3. The van der Waals surface area contributed by atoms with E-state index in [9.17, 15) is 9.59 Å². The number of hydrogen-bond donors (Lipinski definition) is 1. The summed E-state index contributed by atoms with van der Waals surface area (Å²) < 4.78 is 0. The van der Waals surface area contributed by atoms with Crippen LogP contribution in [-0.4, -0.2) is 31.1 Å². The van der Waals surface area contributed by atoms with Gasteiger partial charge in [0.15, 0.2) is 0 Å². The lowest BCUT2D eigenvalue weighted by Crippen LogP contribution is -2.38. The van der Waals surface area contributed by atoms with Gasteiger partial charge in [0.1, 0.15) is 0 Å². The van der Waals surface area contributed by atoms with Gasteiger partial charge in [-0.25, -0.2) is 0 Å². The van der Waals surface area contributed by atoms with Crippen molar-refractivity contribution in [3.05, 3.63) is 26.0 Å². The summed E-state index contributed by atoms with van der Waals surface area (Å²) in [5.41, 5.74) is 0.655. The van der Waals surface area contributed by atoms with E-state index in [1.54, 1.807) is 0 Å². The molecule has 0 fully saturated rings. The summed E-state index contributed by atoms with van der Waals surface area (Å²) in [6.07, 6.45) is 17.8. The number of anilines is 1. The van der Waals surface area contributed by atoms with E-state index in [1.165, 1.54) is 90.1 Å². The Labute approximate surface area is 179 Å². The first-order valence-corrected chi connectivity index (χ1v) is 12.4. The van der Waals surface area contributed by atoms with E-state index in [4.69, 9.17) is 0 Å². The molecule has 0 atom stereocenters. The van der Waals surface area contributed by atoms with Crippen LogP contribution in [0.4, 0.5) is 5.69 Å². The Morgan fingerprint density at radius 2 is 1.10 bits per heavy atom. The van der Waals surface area contributed by atoms with Crippen molar-refractivity contribution in [1.29, 1.82) is 0 Å². The third kappa shape index (κ3) is 10.4. The van der Waals surface area contributed by atoms with Crippen molar-refractivity contribution >= 4 is 5.69 Å². The molecule has 168 valence electrons. The fourth-order valence-corrected chi connectivity index (χ4v) is 4.05. The molecule has 0 aliphatic rings. The van der Waals surface area contributed by atoms with Gasteiger partial charge in [-0.05, 0) is 45.3 Å². The number of hydrogen-bond acceptors (Lipinski definition) is 4. The van der Waals surface area contributed by atoms with Crippen molar-refractivity contribution in [2.45, 2.75) is 111 Å². The minimum absolute atomic E-state index is 0.289. The molecule has 0 heterocycles. The van der Waals surface area contributed by atoms with Gasteiger partial charge in [-0.1, -0.05) is 85.0 Å². The van der Waals surface area contributed by atoms with Gasteiger partial charge in [-0.3, -0.25) is 9.59 Å². The molecule has 0 saturated carbocycles. The Hall–Kier alpha value is -1.16. The van der Waals surface area contributed by atoms with Crippen molar-refractivity contribution in [1.82, 2.24) is 4.90 Å². The zero-order valence-corrected chi connectivity index (χ0v) is 19.5. The smallest absolute Gasteiger partial charge is 0.249 e. The molecule has 1 aromatic rings. The average molecular weight is 407 g/mol. The van der Waals surface area contributed by atoms with Crippen LogP contribution in [0.25, 0.3) is 0 Å². The third-order valence-corrected chi connectivity index (χ3v) is 5.97. The first-order chi connectivity index (χ1) is 14.2. The van der Waals surface area contributed by atoms with Crippen LogP contribution in [0.1, 0.15) is 110 Å². The fourth-order valence-electron chi connectivity index (χ4n) is 4.05. The minimum Gasteiger partial charge on any atom is -0.381 e. The molecule has 0 unspecified atom stereocenters. The van der Waals surface area contributed by atoms with E-state index in [-0.39, 0.29) is 10.9 Å². The van der Waals surface area contributed by atoms with Crippen LogP contribution in [0.2, 0.25) is 0 Å². The fraction of sp³-hybridized carbons (Fsp3) is 0.840. The zero-order valence-electron chi connectivity index (χ0n) is 19.5. The molecule has 0 aromatic heterocycles. The monoisotopic (exact) mass is 406 g/mol. The van der Waals surface area contributed by atoms with Crippen molar-refractivity contribution in [3.63, 3.8) is 0 Å². The van der Waals surface area contributed by atoms with Crippen LogP contribution < -0.4 is 16.2 Å². The summed E-state index contributed by atoms with van der Waals surface area (Å²) in [7, 11) is 0. The maximum atomic E-state index is 11.7. The highest BCUT2D eigenvalue weighted by atomic mass is 16.2. The summed E-state index contributed by atoms with van der Waals surface area (Å²) >= 11 is 0. The van der Waals surface area contributed by atoms with E-state index in [0.717, 1.165) is 19.5 Å². The first-order valence-electron chi connectivity index (χ1n) is 12.4. The Morgan fingerprint density at radius 1 is 0.621 bits per heavy atom. The molecule has 0 aliphatic carbocycles. The van der Waals surface area contributed by atoms with Gasteiger partial charge in [0.2, 0.25) is 10.9 Å². The minimum atomic E-state index is -0.321. The van der Waals surface area contributed by atoms with Crippen LogP contribution in [0.15, 0.2) is 9.59 Å². The van der Waals surface area contributed by atoms with Gasteiger partial charge in [0.05, 0.1) is 5.69 Å². The number of unbranched alkanes of at least 4 members (excludes halogenated alkanes) is 10. The van der Waals surface area contributed by atoms with Gasteiger partial charge in [-0.2, -0.15) is 0 Å². The summed E-state index contributed by atoms with van der Waals surface area (Å²) in [4.78, 5) is 25.8. The summed E-state index contributed by atoms with van der Waals surface area (Å²) in [6, 6.07) is 0. The standard InChI is InChI=1S/C25H46N2O2/c1-4-7-9-11-13-15-19-27(20-16-14-12-10-8-5-2)21-17-18-26-23-22(6-3)24(28)25(23)29/h26H,4-21H2,1-3H3. The summed E-state index contributed by atoms with van der Waals surface area (Å²) in [5.74, 6) is 0. The van der Waals surface area contributed by atoms with Crippen LogP contribution in [0.3, 0.4) is 0 Å². The van der Waals surface area contributed by atoms with Crippen LogP contribution in [0.5, 0.6) is 0 Å². The maximum absolute atomic E-state index is 11.7. The predicted octanol–water partition coefficient (Wildman–Crippen LogP) is 5.67. The second kappa shape index (κ2) is 16.6. The Balaban J connectivity index is 2.28. The largest absolute Gasteiger partial charge is 0.381 e. The van der Waals surface area contributed by atoms with Gasteiger partial charge in [0, 0.05) is 12.1 Å². The van der Waals surface area contributed by atoms with E-state index >= 15 is 0 Å². The normalized spacial score (nSPS) is 11.6. The lowest BCUT2D eigenvalue weighted by atomic mass is 10.0. The van der Waals surface area contributed by atoms with Gasteiger partial charge in [-0.15, -0.1) is 0 Å². The molecule has 0 saturated heterocycles. The predicted molar refractivity (Wildman–Crippen MR) is 127 cm³/mol. The van der Waals surface area contributed by atoms with E-state index < -0.39 is 0 Å². The van der Waals surface area contributed by atoms with Crippen molar-refractivity contribution in [2.75, 3.05) is 31.5 Å². The van der Waals surface area contributed by atoms with Crippen LogP contribution in [0, 0.1) is 0 Å². The van der Waals surface area contributed by atoms with Gasteiger partial charge >= 0.3 is 0 Å². The second-order valence-electron chi connectivity index (χ2n) is 8.52. The molecular formula is C25H46N2O2. The molecule has 0 aliphatic heterocycles. The molecule has 0 bridgehead atoms. The second-order valence-corrected chi connectivity index (χ2v) is 8.52. The molecular weight excluding hydrogens is 360 g/mol. The number of nitrogens with zero attached hydrogens (tertiary/aromatic N) is 1. The lowest BCUT2D eigenvalue weighted by Gasteiger charge is -2.23. The van der Waals surface area contributed by atoms with Gasteiger partial charge in [0.25, 0.3) is 0 Å². The topological polar surface area (TPSA) is 49.4 Å². The number of rotatable bonds is 20. The highest BCUT2D eigenvalue weighted by Gasteiger charge is 2.18. The quantitative estimate of drug-likeness (QED) is 0.224. The van der Waals surface area contributed by atoms with E-state index in [2.05, 4.69) is 24.1 Å². The Morgan fingerprint density at radius 3 is 1.62 bits per heavy atom. The van der Waals surface area contributed by atoms with Crippen molar-refractivity contribution in [2.24, 2.45) is 0 Å². The van der Waals surface area contributed by atoms with Crippen molar-refractivity contribution < 1.29 is 0 Å². The van der Waals surface area contributed by atoms with Gasteiger partial charge < -0.3 is 10.2 Å². The van der Waals surface area contributed by atoms with Crippen LogP contribution >= 0.6 is 0 Å². The highest BCUT2D eigenvalue weighted by Crippen LogP contribution is 2.11. The Kier molecular flexibility index (Phi) is 14.8. The maximum Gasteiger partial charge on any atom is 0.249 e. The molecule has 4 nitrogen and oxygen atoms in total. The molecule has 4 heteroatoms. The first kappa shape index (κ1) is 25.9. The molecule has 1 N–H and O–H groups in total. The molecule has 0 spiro atoms. The molecule has 1 aromatic carbocycles. The average Bonchev–Trinajstić information content (AvgIpc) is 2.73. The Bertz CT molecular complexity index is 574. The van der Waals surface area contributed by atoms with Crippen LogP contribution in [-0.2, 0) is 6.42 Å². The molecule has 29 heavy (non-hydrogen) atoms.